The van der Waals surface area contributed by atoms with Crippen LogP contribution >= 0.6 is 0 Å². The Morgan fingerprint density at radius 3 is 2.58 bits per heavy atom. The summed E-state index contributed by atoms with van der Waals surface area (Å²) in [4.78, 5) is 9.30. The van der Waals surface area contributed by atoms with E-state index in [1.807, 2.05) is 24.4 Å². The molecule has 0 spiro atoms. The van der Waals surface area contributed by atoms with Gasteiger partial charge in [-0.15, -0.1) is 0 Å². The van der Waals surface area contributed by atoms with Crippen LogP contribution in [0.3, 0.4) is 0 Å². The van der Waals surface area contributed by atoms with Crippen LogP contribution < -0.4 is 9.80 Å². The van der Waals surface area contributed by atoms with Gasteiger partial charge in [-0.05, 0) is 38.1 Å². The number of nitrogens with zero attached hydrogens (tertiary/aromatic N) is 3. The van der Waals surface area contributed by atoms with Crippen LogP contribution in [0.4, 0.5) is 17.2 Å². The Balaban J connectivity index is 1.74. The van der Waals surface area contributed by atoms with Crippen LogP contribution in [0.1, 0.15) is 13.8 Å². The second-order valence-electron chi connectivity index (χ2n) is 7.77. The molecule has 0 bridgehead atoms. The summed E-state index contributed by atoms with van der Waals surface area (Å²) in [6.45, 7) is 5.19. The van der Waals surface area contributed by atoms with Crippen LogP contribution in [0.2, 0.25) is 0 Å². The highest BCUT2D eigenvalue weighted by Gasteiger charge is 2.35. The van der Waals surface area contributed by atoms with E-state index in [0.29, 0.717) is 0 Å². The van der Waals surface area contributed by atoms with Gasteiger partial charge in [0.1, 0.15) is 13.4 Å². The van der Waals surface area contributed by atoms with Gasteiger partial charge in [-0.1, -0.05) is 30.3 Å². The molecule has 0 fully saturated rings. The van der Waals surface area contributed by atoms with Crippen molar-refractivity contribution < 1.29 is 4.42 Å². The first-order chi connectivity index (χ1) is 12.5. The average molecular weight is 341 g/mol. The highest BCUT2D eigenvalue weighted by molar-refractivity contribution is 6.17. The minimum Gasteiger partial charge on any atom is -0.454 e. The van der Waals surface area contributed by atoms with Gasteiger partial charge in [0.2, 0.25) is 0 Å². The van der Waals surface area contributed by atoms with Crippen LogP contribution in [0, 0.1) is 0 Å². The van der Waals surface area contributed by atoms with Gasteiger partial charge in [0.25, 0.3) is 0 Å². The smallest absolute Gasteiger partial charge is 0.159 e. The molecular formula is C21H20BN3O. The van der Waals surface area contributed by atoms with Crippen LogP contribution in [-0.2, 0) is 0 Å². The lowest BCUT2D eigenvalue weighted by atomic mass is 9.80. The number of aromatic nitrogens is 1. The van der Waals surface area contributed by atoms with Crippen molar-refractivity contribution >= 4 is 47.0 Å². The van der Waals surface area contributed by atoms with Gasteiger partial charge in [-0.3, -0.25) is 0 Å². The lowest BCUT2D eigenvalue weighted by molar-refractivity contribution is 0.633. The number of para-hydroxylation sites is 2. The zero-order chi connectivity index (χ0) is 17.9. The van der Waals surface area contributed by atoms with E-state index in [-0.39, 0.29) is 5.44 Å². The number of rotatable bonds is 2. The predicted octanol–water partition coefficient (Wildman–Crippen LogP) is 4.27. The van der Waals surface area contributed by atoms with E-state index in [9.17, 15) is 0 Å². The quantitative estimate of drug-likeness (QED) is 0.510. The molecule has 128 valence electrons. The molecule has 0 unspecified atom stereocenters. The summed E-state index contributed by atoms with van der Waals surface area (Å²) < 4.78 is 6.25. The Kier molecular flexibility index (Phi) is 3.11. The molecule has 4 nitrogen and oxygen atoms in total. The zero-order valence-corrected chi connectivity index (χ0v) is 15.2. The van der Waals surface area contributed by atoms with E-state index in [1.54, 1.807) is 0 Å². The highest BCUT2D eigenvalue weighted by Crippen LogP contribution is 2.44. The molecule has 26 heavy (non-hydrogen) atoms. The molecule has 5 rings (SSSR count). The minimum absolute atomic E-state index is 0.0143. The fraction of sp³-hybridized carbons (Fsp3) is 0.190. The van der Waals surface area contributed by atoms with Gasteiger partial charge < -0.3 is 14.2 Å². The molecule has 5 heteroatoms. The van der Waals surface area contributed by atoms with Crippen molar-refractivity contribution in [1.82, 2.24) is 4.98 Å². The molecule has 2 aromatic heterocycles. The Bertz CT molecular complexity index is 1130. The molecule has 0 atom stereocenters. The summed E-state index contributed by atoms with van der Waals surface area (Å²) in [5, 5.41) is 2.31. The van der Waals surface area contributed by atoms with Gasteiger partial charge in [-0.25, -0.2) is 4.98 Å². The van der Waals surface area contributed by atoms with Crippen LogP contribution in [0.25, 0.3) is 21.9 Å². The third kappa shape index (κ3) is 2.13. The Morgan fingerprint density at radius 1 is 0.962 bits per heavy atom. The van der Waals surface area contributed by atoms with Gasteiger partial charge in [0.05, 0.1) is 18.0 Å². The van der Waals surface area contributed by atoms with Crippen molar-refractivity contribution in [3.63, 3.8) is 0 Å². The van der Waals surface area contributed by atoms with E-state index in [1.165, 1.54) is 0 Å². The monoisotopic (exact) mass is 341 g/mol. The van der Waals surface area contributed by atoms with E-state index in [2.05, 4.69) is 72.9 Å². The maximum atomic E-state index is 6.25. The molecule has 0 saturated heterocycles. The molecule has 3 heterocycles. The van der Waals surface area contributed by atoms with Crippen molar-refractivity contribution in [3.8, 4) is 0 Å². The summed E-state index contributed by atoms with van der Waals surface area (Å²) in [5.41, 5.74) is 4.04. The largest absolute Gasteiger partial charge is 0.454 e. The second kappa shape index (κ2) is 5.27. The normalized spacial score (nSPS) is 14.4. The first-order valence-corrected chi connectivity index (χ1v) is 8.94. The lowest BCUT2D eigenvalue weighted by Gasteiger charge is -2.33. The Labute approximate surface area is 153 Å². The highest BCUT2D eigenvalue weighted by atomic mass is 16.3. The fourth-order valence-corrected chi connectivity index (χ4v) is 3.77. The fourth-order valence-electron chi connectivity index (χ4n) is 3.77. The van der Waals surface area contributed by atoms with Gasteiger partial charge in [-0.2, -0.15) is 0 Å². The van der Waals surface area contributed by atoms with Gasteiger partial charge in [0.15, 0.2) is 11.4 Å². The Morgan fingerprint density at radius 2 is 1.73 bits per heavy atom. The van der Waals surface area contributed by atoms with Crippen LogP contribution in [0.15, 0.2) is 65.2 Å². The van der Waals surface area contributed by atoms with Crippen molar-refractivity contribution in [1.29, 1.82) is 0 Å². The average Bonchev–Trinajstić information content (AvgIpc) is 3.20. The molecule has 0 N–H and O–H groups in total. The minimum atomic E-state index is -0.0143. The summed E-state index contributed by atoms with van der Waals surface area (Å²) in [5.74, 6) is 1.02. The van der Waals surface area contributed by atoms with E-state index < -0.39 is 0 Å². The lowest BCUT2D eigenvalue weighted by Crippen LogP contribution is -2.46. The molecule has 1 aliphatic heterocycles. The van der Waals surface area contributed by atoms with Crippen molar-refractivity contribution in [3.05, 3.63) is 60.8 Å². The van der Waals surface area contributed by atoms with E-state index in [4.69, 9.17) is 4.42 Å². The number of benzene rings is 2. The molecular weight excluding hydrogens is 321 g/mol. The molecule has 0 amide bonds. The summed E-state index contributed by atoms with van der Waals surface area (Å²) in [6, 6.07) is 18.7. The molecule has 4 aromatic rings. The van der Waals surface area contributed by atoms with E-state index in [0.717, 1.165) is 45.8 Å². The zero-order valence-electron chi connectivity index (χ0n) is 15.2. The van der Waals surface area contributed by atoms with Crippen LogP contribution in [0.5, 0.6) is 0 Å². The van der Waals surface area contributed by atoms with Crippen molar-refractivity contribution in [2.24, 2.45) is 0 Å². The van der Waals surface area contributed by atoms with Crippen molar-refractivity contribution in [2.45, 2.75) is 19.3 Å². The molecule has 0 aliphatic carbocycles. The topological polar surface area (TPSA) is 32.5 Å². The third-order valence-electron chi connectivity index (χ3n) is 5.08. The third-order valence-corrected chi connectivity index (χ3v) is 5.08. The SMILES string of the molecule is BC(C)(C)N1CN(c2cccc3c2oc2ccccc23)c2cccnc21. The summed E-state index contributed by atoms with van der Waals surface area (Å²) >= 11 is 0. The number of hydrogen-bond acceptors (Lipinski definition) is 4. The number of pyridine rings is 1. The molecule has 2 aromatic carbocycles. The predicted molar refractivity (Wildman–Crippen MR) is 110 cm³/mol. The maximum Gasteiger partial charge on any atom is 0.159 e. The second-order valence-corrected chi connectivity index (χ2v) is 7.77. The van der Waals surface area contributed by atoms with Gasteiger partial charge in [0, 0.05) is 22.4 Å². The summed E-state index contributed by atoms with van der Waals surface area (Å²) in [6.07, 6.45) is 1.86. The Hall–Kier alpha value is -2.95. The van der Waals surface area contributed by atoms with E-state index >= 15 is 0 Å². The first kappa shape index (κ1) is 15.3. The number of furan rings is 1. The molecule has 0 radical (unpaired) electrons. The molecule has 0 saturated carbocycles. The summed E-state index contributed by atoms with van der Waals surface area (Å²) in [7, 11) is 2.22. The van der Waals surface area contributed by atoms with Crippen LogP contribution in [-0.4, -0.2) is 24.9 Å². The standard InChI is InChI=1S/C21H20BN3O/c1-21(2,22)25-13-24(17-10-6-12-23-20(17)25)16-9-5-8-15-14-7-3-4-11-18(14)26-19(15)16/h3-12H,13,22H2,1-2H3. The number of hydrogen-bond donors (Lipinski definition) is 0. The number of anilines is 3. The van der Waals surface area contributed by atoms with Crippen molar-refractivity contribution in [2.75, 3.05) is 16.5 Å². The maximum absolute atomic E-state index is 6.25. The number of fused-ring (bicyclic) bond motifs is 4. The molecule has 1 aliphatic rings. The first-order valence-electron chi connectivity index (χ1n) is 8.94. The van der Waals surface area contributed by atoms with Gasteiger partial charge >= 0.3 is 0 Å².